The van der Waals surface area contributed by atoms with E-state index in [1.807, 2.05) is 24.3 Å². The first-order valence-electron chi connectivity index (χ1n) is 7.29. The van der Waals surface area contributed by atoms with Crippen LogP contribution in [0.2, 0.25) is 0 Å². The lowest BCUT2D eigenvalue weighted by molar-refractivity contribution is 0.318. The summed E-state index contributed by atoms with van der Waals surface area (Å²) in [7, 11) is 0. The fourth-order valence-electron chi connectivity index (χ4n) is 2.04. The fraction of sp³-hybridized carbons (Fsp3) is 0.176. The van der Waals surface area contributed by atoms with Crippen molar-refractivity contribution >= 4 is 34.2 Å². The molecule has 0 spiro atoms. The zero-order valence-electron chi connectivity index (χ0n) is 12.6. The number of nitrogens with zero attached hydrogens (tertiary/aromatic N) is 2. The second kappa shape index (κ2) is 7.85. The molecule has 2 aromatic carbocycles. The van der Waals surface area contributed by atoms with Gasteiger partial charge in [-0.2, -0.15) is 4.98 Å². The molecule has 0 amide bonds. The predicted molar refractivity (Wildman–Crippen MR) is 100 cm³/mol. The van der Waals surface area contributed by atoms with Crippen LogP contribution in [0.5, 0.6) is 11.5 Å². The van der Waals surface area contributed by atoms with Gasteiger partial charge in [-0.1, -0.05) is 5.16 Å². The lowest BCUT2D eigenvalue weighted by Crippen LogP contribution is -1.97. The maximum absolute atomic E-state index is 9.59. The molecule has 3 aromatic rings. The minimum absolute atomic E-state index is 0.229. The van der Waals surface area contributed by atoms with Crippen molar-refractivity contribution in [2.75, 3.05) is 12.5 Å². The molecule has 3 rings (SSSR count). The van der Waals surface area contributed by atoms with E-state index in [4.69, 9.17) is 20.9 Å². The number of hydrogen-bond donors (Lipinski definition) is 1. The van der Waals surface area contributed by atoms with Gasteiger partial charge in [0, 0.05) is 17.0 Å². The van der Waals surface area contributed by atoms with E-state index in [1.54, 1.807) is 18.2 Å². The van der Waals surface area contributed by atoms with Crippen molar-refractivity contribution in [1.29, 1.82) is 0 Å². The summed E-state index contributed by atoms with van der Waals surface area (Å²) in [6, 6.07) is 12.6. The van der Waals surface area contributed by atoms with Crippen molar-refractivity contribution in [2.24, 2.45) is 0 Å². The molecule has 1 heterocycles. The molecule has 124 valence electrons. The molecule has 0 aliphatic carbocycles. The summed E-state index contributed by atoms with van der Waals surface area (Å²) >= 11 is 7.68. The molecule has 0 radical (unpaired) electrons. The maximum atomic E-state index is 9.59. The highest BCUT2D eigenvalue weighted by Gasteiger charge is 2.12. The molecule has 1 aromatic heterocycles. The summed E-state index contributed by atoms with van der Waals surface area (Å²) in [4.78, 5) is 4.41. The molecule has 0 atom stereocenters. The van der Waals surface area contributed by atoms with Crippen LogP contribution in [0.4, 0.5) is 0 Å². The van der Waals surface area contributed by atoms with Gasteiger partial charge in [-0.15, -0.1) is 11.6 Å². The molecular formula is C17H14ClIN2O3. The van der Waals surface area contributed by atoms with Crippen LogP contribution in [0, 0.1) is 3.57 Å². The first kappa shape index (κ1) is 17.0. The largest absolute Gasteiger partial charge is 0.507 e. The Balaban J connectivity index is 1.76. The average molecular weight is 457 g/mol. The van der Waals surface area contributed by atoms with Crippen molar-refractivity contribution in [3.05, 3.63) is 46.0 Å². The quantitative estimate of drug-likeness (QED) is 0.330. The number of benzene rings is 2. The molecule has 0 saturated carbocycles. The smallest absolute Gasteiger partial charge is 0.258 e. The van der Waals surface area contributed by atoms with Crippen LogP contribution in [0.15, 0.2) is 47.0 Å². The standard InChI is InChI=1S/C17H14ClIN2O3/c18-8-1-9-23-13-5-2-11(3-6-13)17-20-16(21-24-17)12-4-7-15(22)14(19)10-12/h2-7,10,22H,1,8-9H2. The van der Waals surface area contributed by atoms with Gasteiger partial charge in [-0.25, -0.2) is 0 Å². The Hall–Kier alpha value is -1.80. The van der Waals surface area contributed by atoms with Crippen LogP contribution in [-0.4, -0.2) is 27.7 Å². The molecule has 0 bridgehead atoms. The van der Waals surface area contributed by atoms with Crippen LogP contribution in [0.25, 0.3) is 22.8 Å². The molecule has 0 unspecified atom stereocenters. The van der Waals surface area contributed by atoms with Crippen LogP contribution < -0.4 is 4.74 Å². The van der Waals surface area contributed by atoms with Gasteiger partial charge < -0.3 is 14.4 Å². The lowest BCUT2D eigenvalue weighted by atomic mass is 10.2. The number of aromatic nitrogens is 2. The van der Waals surface area contributed by atoms with Crippen molar-refractivity contribution in [3.63, 3.8) is 0 Å². The molecule has 24 heavy (non-hydrogen) atoms. The molecular weight excluding hydrogens is 443 g/mol. The first-order chi connectivity index (χ1) is 11.7. The van der Waals surface area contributed by atoms with E-state index in [9.17, 15) is 5.11 Å². The highest BCUT2D eigenvalue weighted by Crippen LogP contribution is 2.27. The van der Waals surface area contributed by atoms with E-state index in [0.29, 0.717) is 24.2 Å². The van der Waals surface area contributed by atoms with Gasteiger partial charge in [0.1, 0.15) is 11.5 Å². The van der Waals surface area contributed by atoms with Crippen molar-refractivity contribution < 1.29 is 14.4 Å². The third-order valence-corrected chi connectivity index (χ3v) is 4.41. The number of aromatic hydroxyl groups is 1. The first-order valence-corrected chi connectivity index (χ1v) is 8.90. The Bertz CT molecular complexity index is 821. The summed E-state index contributed by atoms with van der Waals surface area (Å²) in [5, 5.41) is 13.6. The van der Waals surface area contributed by atoms with E-state index in [2.05, 4.69) is 32.7 Å². The SMILES string of the molecule is Oc1ccc(-c2noc(-c3ccc(OCCCCl)cc3)n2)cc1I. The average Bonchev–Trinajstić information content (AvgIpc) is 3.08. The van der Waals surface area contributed by atoms with Gasteiger partial charge in [-0.05, 0) is 71.5 Å². The summed E-state index contributed by atoms with van der Waals surface area (Å²) in [5.74, 6) is 2.49. The molecule has 0 aliphatic rings. The molecule has 7 heteroatoms. The summed E-state index contributed by atoms with van der Waals surface area (Å²) in [6.45, 7) is 0.590. The van der Waals surface area contributed by atoms with Gasteiger partial charge in [0.25, 0.3) is 5.89 Å². The Morgan fingerprint density at radius 1 is 1.12 bits per heavy atom. The Labute approximate surface area is 157 Å². The third-order valence-electron chi connectivity index (χ3n) is 3.28. The molecule has 0 fully saturated rings. The highest BCUT2D eigenvalue weighted by molar-refractivity contribution is 14.1. The summed E-state index contributed by atoms with van der Waals surface area (Å²) in [5.41, 5.74) is 1.60. The number of phenolic OH excluding ortho intramolecular Hbond substituents is 1. The van der Waals surface area contributed by atoms with Crippen LogP contribution in [-0.2, 0) is 0 Å². The van der Waals surface area contributed by atoms with E-state index >= 15 is 0 Å². The number of halogens is 2. The zero-order valence-corrected chi connectivity index (χ0v) is 15.5. The number of hydrogen-bond acceptors (Lipinski definition) is 5. The number of ether oxygens (including phenoxy) is 1. The molecule has 1 N–H and O–H groups in total. The molecule has 0 aliphatic heterocycles. The second-order valence-corrected chi connectivity index (χ2v) is 6.54. The lowest BCUT2D eigenvalue weighted by Gasteiger charge is -2.04. The second-order valence-electron chi connectivity index (χ2n) is 5.00. The van der Waals surface area contributed by atoms with E-state index in [0.717, 1.165) is 26.9 Å². The normalized spacial score (nSPS) is 10.8. The van der Waals surface area contributed by atoms with Crippen molar-refractivity contribution in [2.45, 2.75) is 6.42 Å². The summed E-state index contributed by atoms with van der Waals surface area (Å²) < 4.78 is 11.6. The van der Waals surface area contributed by atoms with Crippen LogP contribution >= 0.6 is 34.2 Å². The van der Waals surface area contributed by atoms with Gasteiger partial charge >= 0.3 is 0 Å². The van der Waals surface area contributed by atoms with E-state index in [-0.39, 0.29) is 5.75 Å². The predicted octanol–water partition coefficient (Wildman–Crippen LogP) is 4.72. The van der Waals surface area contributed by atoms with Crippen LogP contribution in [0.3, 0.4) is 0 Å². The van der Waals surface area contributed by atoms with Gasteiger partial charge in [0.05, 0.1) is 10.2 Å². The van der Waals surface area contributed by atoms with E-state index < -0.39 is 0 Å². The minimum Gasteiger partial charge on any atom is -0.507 e. The maximum Gasteiger partial charge on any atom is 0.258 e. The fourth-order valence-corrected chi connectivity index (χ4v) is 2.67. The summed E-state index contributed by atoms with van der Waals surface area (Å²) in [6.07, 6.45) is 0.807. The third kappa shape index (κ3) is 3.99. The van der Waals surface area contributed by atoms with Gasteiger partial charge in [0.15, 0.2) is 0 Å². The van der Waals surface area contributed by atoms with Crippen LogP contribution in [0.1, 0.15) is 6.42 Å². The molecule has 5 nitrogen and oxygen atoms in total. The van der Waals surface area contributed by atoms with Gasteiger partial charge in [0.2, 0.25) is 5.82 Å². The van der Waals surface area contributed by atoms with Crippen molar-refractivity contribution in [3.8, 4) is 34.3 Å². The highest BCUT2D eigenvalue weighted by atomic mass is 127. The number of rotatable bonds is 6. The Kier molecular flexibility index (Phi) is 5.57. The topological polar surface area (TPSA) is 68.4 Å². The van der Waals surface area contributed by atoms with Crippen molar-refractivity contribution in [1.82, 2.24) is 10.1 Å². The Morgan fingerprint density at radius 2 is 1.88 bits per heavy atom. The van der Waals surface area contributed by atoms with Gasteiger partial charge in [-0.3, -0.25) is 0 Å². The monoisotopic (exact) mass is 456 g/mol. The Morgan fingerprint density at radius 3 is 2.58 bits per heavy atom. The zero-order chi connectivity index (χ0) is 16.9. The molecule has 0 saturated heterocycles. The number of alkyl halides is 1. The van der Waals surface area contributed by atoms with E-state index in [1.165, 1.54) is 0 Å². The number of phenols is 1. The minimum atomic E-state index is 0.229.